The molecule has 0 fully saturated rings. The highest BCUT2D eigenvalue weighted by molar-refractivity contribution is 6.23. The Labute approximate surface area is 143 Å². The van der Waals surface area contributed by atoms with Gasteiger partial charge in [-0.2, -0.15) is 0 Å². The maximum Gasteiger partial charge on any atom is 0.336 e. The van der Waals surface area contributed by atoms with E-state index in [2.05, 4.69) is 0 Å². The van der Waals surface area contributed by atoms with Crippen LogP contribution in [0, 0.1) is 0 Å². The maximum absolute atomic E-state index is 12.0. The molecule has 3 nitrogen and oxygen atoms in total. The number of carboxylic acids is 1. The molecule has 0 heterocycles. The first-order chi connectivity index (χ1) is 11.7. The number of rotatable bonds is 9. The van der Waals surface area contributed by atoms with Crippen LogP contribution in [0.5, 0.6) is 0 Å². The Morgan fingerprint density at radius 3 is 1.83 bits per heavy atom. The number of unbranched alkanes of at least 4 members (excludes halogenated alkanes) is 3. The molecule has 0 aromatic heterocycles. The second kappa shape index (κ2) is 9.68. The molecule has 126 valence electrons. The standard InChI is InChI=1S/C21H24O3/c22-16-10-2-1-9-15-19(17-11-5-3-6-12-17)20(21(23)24)18-13-7-4-8-14-18/h3-8,11-14,22H,1-2,9-10,15-16H2,(H,23,24). The van der Waals surface area contributed by atoms with Crippen molar-refractivity contribution in [3.8, 4) is 0 Å². The predicted octanol–water partition coefficient (Wildman–Crippen LogP) is 4.62. The van der Waals surface area contributed by atoms with Gasteiger partial charge in [-0.3, -0.25) is 0 Å². The fourth-order valence-corrected chi connectivity index (χ4v) is 2.85. The van der Waals surface area contributed by atoms with Crippen molar-refractivity contribution in [2.24, 2.45) is 0 Å². The summed E-state index contributed by atoms with van der Waals surface area (Å²) < 4.78 is 0. The van der Waals surface area contributed by atoms with Gasteiger partial charge in [0.2, 0.25) is 0 Å². The number of carbonyl (C=O) groups is 1. The van der Waals surface area contributed by atoms with Crippen molar-refractivity contribution in [2.75, 3.05) is 6.61 Å². The topological polar surface area (TPSA) is 57.5 Å². The smallest absolute Gasteiger partial charge is 0.336 e. The molecule has 0 aliphatic carbocycles. The molecule has 2 aromatic carbocycles. The van der Waals surface area contributed by atoms with E-state index in [4.69, 9.17) is 5.11 Å². The van der Waals surface area contributed by atoms with Crippen LogP contribution in [0.2, 0.25) is 0 Å². The van der Waals surface area contributed by atoms with E-state index in [0.717, 1.165) is 42.4 Å². The van der Waals surface area contributed by atoms with Crippen LogP contribution in [-0.4, -0.2) is 22.8 Å². The molecular formula is C21H24O3. The lowest BCUT2D eigenvalue weighted by Crippen LogP contribution is -2.04. The first-order valence-electron chi connectivity index (χ1n) is 8.42. The third-order valence-corrected chi connectivity index (χ3v) is 4.04. The summed E-state index contributed by atoms with van der Waals surface area (Å²) >= 11 is 0. The number of hydrogen-bond acceptors (Lipinski definition) is 2. The summed E-state index contributed by atoms with van der Waals surface area (Å²) in [6.07, 6.45) is 4.37. The van der Waals surface area contributed by atoms with E-state index in [9.17, 15) is 9.90 Å². The van der Waals surface area contributed by atoms with Crippen molar-refractivity contribution >= 4 is 17.1 Å². The number of aliphatic hydroxyl groups excluding tert-OH is 1. The van der Waals surface area contributed by atoms with Crippen LogP contribution in [0.1, 0.15) is 43.2 Å². The van der Waals surface area contributed by atoms with Gasteiger partial charge in [0.05, 0.1) is 5.57 Å². The van der Waals surface area contributed by atoms with Crippen LogP contribution in [0.25, 0.3) is 11.1 Å². The highest BCUT2D eigenvalue weighted by Crippen LogP contribution is 2.31. The summed E-state index contributed by atoms with van der Waals surface area (Å²) in [6.45, 7) is 0.214. The Morgan fingerprint density at radius 2 is 1.29 bits per heavy atom. The van der Waals surface area contributed by atoms with Gasteiger partial charge < -0.3 is 10.2 Å². The lowest BCUT2D eigenvalue weighted by molar-refractivity contribution is -0.130. The number of carboxylic acid groups (broad SMARTS) is 1. The normalized spacial score (nSPS) is 11.9. The Hall–Kier alpha value is -2.39. The van der Waals surface area contributed by atoms with Crippen LogP contribution in [-0.2, 0) is 4.79 Å². The molecule has 2 N–H and O–H groups in total. The Balaban J connectivity index is 2.36. The highest BCUT2D eigenvalue weighted by Gasteiger charge is 2.17. The third kappa shape index (κ3) is 5.07. The molecule has 0 saturated carbocycles. The molecular weight excluding hydrogens is 300 g/mol. The number of allylic oxidation sites excluding steroid dienone is 1. The summed E-state index contributed by atoms with van der Waals surface area (Å²) in [7, 11) is 0. The zero-order valence-electron chi connectivity index (χ0n) is 13.8. The third-order valence-electron chi connectivity index (χ3n) is 4.04. The second-order valence-corrected chi connectivity index (χ2v) is 5.78. The molecule has 24 heavy (non-hydrogen) atoms. The van der Waals surface area contributed by atoms with E-state index in [0.29, 0.717) is 12.0 Å². The van der Waals surface area contributed by atoms with Crippen molar-refractivity contribution < 1.29 is 15.0 Å². The minimum atomic E-state index is -0.893. The molecule has 0 bridgehead atoms. The predicted molar refractivity (Wildman–Crippen MR) is 97.5 cm³/mol. The number of aliphatic hydroxyl groups is 1. The molecule has 2 aromatic rings. The van der Waals surface area contributed by atoms with E-state index >= 15 is 0 Å². The van der Waals surface area contributed by atoms with Crippen molar-refractivity contribution in [3.63, 3.8) is 0 Å². The van der Waals surface area contributed by atoms with Gasteiger partial charge in [-0.1, -0.05) is 73.5 Å². The fraction of sp³-hybridized carbons (Fsp3) is 0.286. The van der Waals surface area contributed by atoms with E-state index in [1.807, 2.05) is 60.7 Å². The number of aliphatic carboxylic acids is 1. The SMILES string of the molecule is O=C(O)C(=C(CCCCCCO)c1ccccc1)c1ccccc1. The first-order valence-corrected chi connectivity index (χ1v) is 8.42. The summed E-state index contributed by atoms with van der Waals surface area (Å²) in [5.74, 6) is -0.893. The summed E-state index contributed by atoms with van der Waals surface area (Å²) in [4.78, 5) is 12.0. The van der Waals surface area contributed by atoms with Crippen LogP contribution < -0.4 is 0 Å². The summed E-state index contributed by atoms with van der Waals surface area (Å²) in [5, 5.41) is 18.7. The maximum atomic E-state index is 12.0. The van der Waals surface area contributed by atoms with Gasteiger partial charge in [0, 0.05) is 6.61 Å². The lowest BCUT2D eigenvalue weighted by Gasteiger charge is -2.14. The van der Waals surface area contributed by atoms with Crippen LogP contribution >= 0.6 is 0 Å². The largest absolute Gasteiger partial charge is 0.478 e. The first kappa shape index (κ1) is 18.0. The molecule has 0 radical (unpaired) electrons. The molecule has 0 amide bonds. The number of hydrogen-bond donors (Lipinski definition) is 2. The zero-order chi connectivity index (χ0) is 17.2. The lowest BCUT2D eigenvalue weighted by atomic mass is 9.91. The molecule has 0 saturated heterocycles. The van der Waals surface area contributed by atoms with Gasteiger partial charge in [0.25, 0.3) is 0 Å². The molecule has 0 unspecified atom stereocenters. The van der Waals surface area contributed by atoms with E-state index in [-0.39, 0.29) is 6.61 Å². The molecule has 0 aliphatic rings. The summed E-state index contributed by atoms with van der Waals surface area (Å²) in [6, 6.07) is 19.0. The quantitative estimate of drug-likeness (QED) is 0.402. The number of benzene rings is 2. The van der Waals surface area contributed by atoms with Crippen LogP contribution in [0.15, 0.2) is 60.7 Å². The van der Waals surface area contributed by atoms with Gasteiger partial charge >= 0.3 is 5.97 Å². The van der Waals surface area contributed by atoms with E-state index in [1.165, 1.54) is 0 Å². The van der Waals surface area contributed by atoms with Gasteiger partial charge in [0.15, 0.2) is 0 Å². The van der Waals surface area contributed by atoms with E-state index < -0.39 is 5.97 Å². The zero-order valence-corrected chi connectivity index (χ0v) is 13.8. The molecule has 0 spiro atoms. The molecule has 3 heteroatoms. The second-order valence-electron chi connectivity index (χ2n) is 5.78. The average molecular weight is 324 g/mol. The van der Waals surface area contributed by atoms with Crippen molar-refractivity contribution in [2.45, 2.75) is 32.1 Å². The van der Waals surface area contributed by atoms with Crippen molar-refractivity contribution in [1.29, 1.82) is 0 Å². The van der Waals surface area contributed by atoms with Gasteiger partial charge in [-0.05, 0) is 36.0 Å². The molecule has 0 atom stereocenters. The van der Waals surface area contributed by atoms with Crippen molar-refractivity contribution in [3.05, 3.63) is 71.8 Å². The Kier molecular flexibility index (Phi) is 7.24. The van der Waals surface area contributed by atoms with Gasteiger partial charge in [0.1, 0.15) is 0 Å². The van der Waals surface area contributed by atoms with Gasteiger partial charge in [-0.15, -0.1) is 0 Å². The van der Waals surface area contributed by atoms with Crippen molar-refractivity contribution in [1.82, 2.24) is 0 Å². The minimum Gasteiger partial charge on any atom is -0.478 e. The van der Waals surface area contributed by atoms with E-state index in [1.54, 1.807) is 0 Å². The minimum absolute atomic E-state index is 0.214. The summed E-state index contributed by atoms with van der Waals surface area (Å²) in [5.41, 5.74) is 2.95. The fourth-order valence-electron chi connectivity index (χ4n) is 2.85. The molecule has 0 aliphatic heterocycles. The monoisotopic (exact) mass is 324 g/mol. The average Bonchev–Trinajstić information content (AvgIpc) is 2.62. The Bertz CT molecular complexity index is 660. The van der Waals surface area contributed by atoms with Crippen LogP contribution in [0.3, 0.4) is 0 Å². The molecule has 2 rings (SSSR count). The Morgan fingerprint density at radius 1 is 0.750 bits per heavy atom. The van der Waals surface area contributed by atoms with Gasteiger partial charge in [-0.25, -0.2) is 4.79 Å². The highest BCUT2D eigenvalue weighted by atomic mass is 16.4. The van der Waals surface area contributed by atoms with Crippen LogP contribution in [0.4, 0.5) is 0 Å².